The van der Waals surface area contributed by atoms with Crippen LogP contribution in [0, 0.1) is 0 Å². The number of aryl methyl sites for hydroxylation is 1. The van der Waals surface area contributed by atoms with E-state index in [0.717, 1.165) is 28.4 Å². The molecule has 5 heteroatoms. The molecule has 0 aliphatic heterocycles. The molecule has 1 aliphatic carbocycles. The van der Waals surface area contributed by atoms with Crippen LogP contribution in [0.2, 0.25) is 0 Å². The smallest absolute Gasteiger partial charge is 0.412 e. The maximum absolute atomic E-state index is 11.7. The molecule has 1 aliphatic rings. The highest BCUT2D eigenvalue weighted by Crippen LogP contribution is 2.37. The molecule has 1 aromatic rings. The van der Waals surface area contributed by atoms with Crippen LogP contribution in [0.4, 0.5) is 10.5 Å². The lowest BCUT2D eigenvalue weighted by atomic mass is 10.1. The normalized spacial score (nSPS) is 18.1. The number of benzene rings is 1. The second-order valence-electron chi connectivity index (χ2n) is 5.71. The zero-order chi connectivity index (χ0) is 14.2. The van der Waals surface area contributed by atoms with Crippen molar-refractivity contribution in [2.24, 2.45) is 0 Å². The summed E-state index contributed by atoms with van der Waals surface area (Å²) in [6.07, 6.45) is 0.679. The van der Waals surface area contributed by atoms with Gasteiger partial charge in [0.2, 0.25) is 0 Å². The van der Waals surface area contributed by atoms with E-state index in [4.69, 9.17) is 4.74 Å². The van der Waals surface area contributed by atoms with Gasteiger partial charge in [0.1, 0.15) is 5.60 Å². The largest absolute Gasteiger partial charge is 0.444 e. The molecule has 0 aromatic heterocycles. The number of hydrogen-bond acceptors (Lipinski definition) is 3. The van der Waals surface area contributed by atoms with Gasteiger partial charge in [-0.25, -0.2) is 4.79 Å². The molecule has 4 nitrogen and oxygen atoms in total. The van der Waals surface area contributed by atoms with Crippen molar-refractivity contribution >= 4 is 27.7 Å². The molecule has 1 amide bonds. The first-order valence-corrected chi connectivity index (χ1v) is 7.06. The molecule has 0 heterocycles. The minimum Gasteiger partial charge on any atom is -0.444 e. The summed E-state index contributed by atoms with van der Waals surface area (Å²) < 4.78 is 5.97. The molecule has 0 bridgehead atoms. The third-order valence-corrected chi connectivity index (χ3v) is 3.57. The molecule has 0 saturated carbocycles. The standard InChI is InChI=1S/C14H18BrNO3/c1-14(2,3)19-13(18)16-11-6-8-4-5-12(17)9(8)7-10(11)15/h6-7,12,17H,4-5H2,1-3H3,(H,16,18). The molecule has 104 valence electrons. The highest BCUT2D eigenvalue weighted by Gasteiger charge is 2.23. The lowest BCUT2D eigenvalue weighted by molar-refractivity contribution is 0.0636. The van der Waals surface area contributed by atoms with Crippen molar-refractivity contribution in [1.82, 2.24) is 0 Å². The summed E-state index contributed by atoms with van der Waals surface area (Å²) in [7, 11) is 0. The summed E-state index contributed by atoms with van der Waals surface area (Å²) in [5.41, 5.74) is 2.15. The molecular weight excluding hydrogens is 310 g/mol. The van der Waals surface area contributed by atoms with Crippen molar-refractivity contribution in [3.05, 3.63) is 27.7 Å². The Morgan fingerprint density at radius 3 is 2.79 bits per heavy atom. The van der Waals surface area contributed by atoms with Crippen LogP contribution in [-0.4, -0.2) is 16.8 Å². The Labute approximate surface area is 121 Å². The van der Waals surface area contributed by atoms with E-state index in [1.165, 1.54) is 0 Å². The minimum atomic E-state index is -0.524. The molecular formula is C14H18BrNO3. The van der Waals surface area contributed by atoms with Crippen LogP contribution in [-0.2, 0) is 11.2 Å². The van der Waals surface area contributed by atoms with Crippen molar-refractivity contribution < 1.29 is 14.6 Å². The number of hydrogen-bond donors (Lipinski definition) is 2. The Bertz CT molecular complexity index is 508. The van der Waals surface area contributed by atoms with Crippen LogP contribution in [0.5, 0.6) is 0 Å². The molecule has 0 radical (unpaired) electrons. The van der Waals surface area contributed by atoms with Gasteiger partial charge in [0, 0.05) is 4.47 Å². The van der Waals surface area contributed by atoms with Gasteiger partial charge < -0.3 is 9.84 Å². The first kappa shape index (κ1) is 14.3. The number of carbonyl (C=O) groups excluding carboxylic acids is 1. The maximum Gasteiger partial charge on any atom is 0.412 e. The highest BCUT2D eigenvalue weighted by molar-refractivity contribution is 9.10. The van der Waals surface area contributed by atoms with Gasteiger partial charge in [0.15, 0.2) is 0 Å². The molecule has 2 N–H and O–H groups in total. The van der Waals surface area contributed by atoms with E-state index in [-0.39, 0.29) is 0 Å². The topological polar surface area (TPSA) is 58.6 Å². The van der Waals surface area contributed by atoms with E-state index in [2.05, 4.69) is 21.2 Å². The van der Waals surface area contributed by atoms with Gasteiger partial charge in [-0.1, -0.05) is 0 Å². The lowest BCUT2D eigenvalue weighted by Gasteiger charge is -2.20. The second-order valence-corrected chi connectivity index (χ2v) is 6.57. The van der Waals surface area contributed by atoms with E-state index in [0.29, 0.717) is 5.69 Å². The summed E-state index contributed by atoms with van der Waals surface area (Å²) in [4.78, 5) is 11.7. The number of ether oxygens (including phenoxy) is 1. The van der Waals surface area contributed by atoms with Gasteiger partial charge in [0.25, 0.3) is 0 Å². The van der Waals surface area contributed by atoms with Crippen LogP contribution < -0.4 is 5.32 Å². The summed E-state index contributed by atoms with van der Waals surface area (Å²) in [5.74, 6) is 0. The van der Waals surface area contributed by atoms with E-state index < -0.39 is 17.8 Å². The van der Waals surface area contributed by atoms with Crippen LogP contribution in [0.3, 0.4) is 0 Å². The highest BCUT2D eigenvalue weighted by atomic mass is 79.9. The number of halogens is 1. The number of anilines is 1. The summed E-state index contributed by atoms with van der Waals surface area (Å²) in [6.45, 7) is 5.46. The molecule has 0 saturated heterocycles. The minimum absolute atomic E-state index is 0.401. The SMILES string of the molecule is CC(C)(C)OC(=O)Nc1cc2c(cc1Br)C(O)CC2. The zero-order valence-electron chi connectivity index (χ0n) is 11.3. The number of aliphatic hydroxyl groups excluding tert-OH is 1. The van der Waals surface area contributed by atoms with Gasteiger partial charge in [0.05, 0.1) is 11.8 Å². The lowest BCUT2D eigenvalue weighted by Crippen LogP contribution is -2.27. The fourth-order valence-corrected chi connectivity index (χ4v) is 2.58. The third kappa shape index (κ3) is 3.48. The van der Waals surface area contributed by atoms with Gasteiger partial charge in [-0.3, -0.25) is 5.32 Å². The number of nitrogens with one attached hydrogen (secondary N) is 1. The van der Waals surface area contributed by atoms with Crippen molar-refractivity contribution in [1.29, 1.82) is 0 Å². The summed E-state index contributed by atoms with van der Waals surface area (Å²) in [5, 5.41) is 12.5. The van der Waals surface area contributed by atoms with Crippen molar-refractivity contribution in [3.63, 3.8) is 0 Å². The molecule has 2 rings (SSSR count). The quantitative estimate of drug-likeness (QED) is 0.825. The van der Waals surface area contributed by atoms with E-state index in [1.54, 1.807) is 0 Å². The maximum atomic E-state index is 11.7. The summed E-state index contributed by atoms with van der Waals surface area (Å²) >= 11 is 3.40. The number of aliphatic hydroxyl groups is 1. The number of carbonyl (C=O) groups is 1. The number of fused-ring (bicyclic) bond motifs is 1. The van der Waals surface area contributed by atoms with E-state index in [9.17, 15) is 9.90 Å². The van der Waals surface area contributed by atoms with Gasteiger partial charge >= 0.3 is 6.09 Å². The van der Waals surface area contributed by atoms with Crippen LogP contribution in [0.1, 0.15) is 44.4 Å². The average Bonchev–Trinajstić information content (AvgIpc) is 2.58. The summed E-state index contributed by atoms with van der Waals surface area (Å²) in [6, 6.07) is 3.75. The Balaban J connectivity index is 2.16. The van der Waals surface area contributed by atoms with Crippen LogP contribution in [0.15, 0.2) is 16.6 Å². The Morgan fingerprint density at radius 1 is 1.47 bits per heavy atom. The Hall–Kier alpha value is -1.07. The van der Waals surface area contributed by atoms with Gasteiger partial charge in [-0.2, -0.15) is 0 Å². The first-order chi connectivity index (χ1) is 8.76. The zero-order valence-corrected chi connectivity index (χ0v) is 12.9. The van der Waals surface area contributed by atoms with Crippen LogP contribution >= 0.6 is 15.9 Å². The number of rotatable bonds is 1. The third-order valence-electron chi connectivity index (χ3n) is 2.91. The first-order valence-electron chi connectivity index (χ1n) is 6.26. The molecule has 1 aromatic carbocycles. The fraction of sp³-hybridized carbons (Fsp3) is 0.500. The fourth-order valence-electron chi connectivity index (χ4n) is 2.12. The average molecular weight is 328 g/mol. The van der Waals surface area contributed by atoms with Crippen molar-refractivity contribution in [2.45, 2.75) is 45.3 Å². The molecule has 1 atom stereocenters. The van der Waals surface area contributed by atoms with E-state index >= 15 is 0 Å². The molecule has 0 fully saturated rings. The molecule has 19 heavy (non-hydrogen) atoms. The van der Waals surface area contributed by atoms with Gasteiger partial charge in [-0.05, 0) is 72.8 Å². The van der Waals surface area contributed by atoms with Crippen LogP contribution in [0.25, 0.3) is 0 Å². The monoisotopic (exact) mass is 327 g/mol. The predicted octanol–water partition coefficient (Wildman–Crippen LogP) is 3.78. The molecule has 0 spiro atoms. The Kier molecular flexibility index (Phi) is 3.87. The second kappa shape index (κ2) is 5.13. The van der Waals surface area contributed by atoms with Gasteiger partial charge in [-0.15, -0.1) is 0 Å². The Morgan fingerprint density at radius 2 is 2.16 bits per heavy atom. The molecule has 1 unspecified atom stereocenters. The van der Waals surface area contributed by atoms with Crippen molar-refractivity contribution in [3.8, 4) is 0 Å². The number of amides is 1. The van der Waals surface area contributed by atoms with E-state index in [1.807, 2.05) is 32.9 Å². The van der Waals surface area contributed by atoms with Crippen molar-refractivity contribution in [2.75, 3.05) is 5.32 Å². The predicted molar refractivity (Wildman–Crippen MR) is 77.3 cm³/mol.